The number of carbonyl (C=O) groups is 1. The molecular weight excluding hydrogens is 292 g/mol. The Bertz CT molecular complexity index is 710. The predicted octanol–water partition coefficient (Wildman–Crippen LogP) is 2.36. The number of nitrogens with two attached hydrogens (primary N) is 1. The van der Waals surface area contributed by atoms with Crippen LogP contribution in [0.2, 0.25) is 0 Å². The van der Waals surface area contributed by atoms with Crippen molar-refractivity contribution >= 4 is 11.6 Å². The van der Waals surface area contributed by atoms with Crippen LogP contribution in [-0.2, 0) is 6.42 Å². The lowest BCUT2D eigenvalue weighted by Crippen LogP contribution is -2.40. The molecule has 23 heavy (non-hydrogen) atoms. The molecular formula is C17H22N4O2. The van der Waals surface area contributed by atoms with Gasteiger partial charge in [0.05, 0.1) is 0 Å². The van der Waals surface area contributed by atoms with E-state index in [1.807, 2.05) is 24.0 Å². The minimum atomic E-state index is 0.0591. The second kappa shape index (κ2) is 6.40. The zero-order valence-corrected chi connectivity index (χ0v) is 13.6. The molecule has 1 aromatic carbocycles. The molecule has 2 N–H and O–H groups in total. The molecule has 122 valence electrons. The number of hydrogen-bond donors (Lipinski definition) is 1. The molecule has 3 rings (SSSR count). The molecule has 0 spiro atoms. The largest absolute Gasteiger partial charge is 0.399 e. The highest BCUT2D eigenvalue weighted by molar-refractivity contribution is 5.96. The average molecular weight is 314 g/mol. The number of carbonyl (C=O) groups excluding carboxylic acids is 1. The first-order chi connectivity index (χ1) is 11.0. The molecule has 1 atom stereocenters. The second-order valence-electron chi connectivity index (χ2n) is 6.27. The van der Waals surface area contributed by atoms with Crippen molar-refractivity contribution in [3.05, 3.63) is 41.0 Å². The van der Waals surface area contributed by atoms with Crippen LogP contribution in [0.5, 0.6) is 0 Å². The summed E-state index contributed by atoms with van der Waals surface area (Å²) in [5.41, 5.74) is 8.10. The molecule has 0 saturated carbocycles. The third-order valence-electron chi connectivity index (χ3n) is 4.34. The Balaban J connectivity index is 1.70. The van der Waals surface area contributed by atoms with Crippen LogP contribution in [0.4, 0.5) is 5.69 Å². The van der Waals surface area contributed by atoms with E-state index in [4.69, 9.17) is 10.3 Å². The molecule has 1 unspecified atom stereocenters. The first-order valence-electron chi connectivity index (χ1n) is 7.97. The van der Waals surface area contributed by atoms with Crippen LogP contribution in [0.15, 0.2) is 22.7 Å². The second-order valence-corrected chi connectivity index (χ2v) is 6.27. The van der Waals surface area contributed by atoms with Crippen molar-refractivity contribution in [2.75, 3.05) is 18.8 Å². The summed E-state index contributed by atoms with van der Waals surface area (Å²) in [6, 6.07) is 5.49. The maximum atomic E-state index is 12.8. The van der Waals surface area contributed by atoms with Gasteiger partial charge in [-0.1, -0.05) is 11.2 Å². The number of amides is 1. The van der Waals surface area contributed by atoms with Gasteiger partial charge in [-0.15, -0.1) is 0 Å². The van der Waals surface area contributed by atoms with E-state index < -0.39 is 0 Å². The van der Waals surface area contributed by atoms with Crippen LogP contribution >= 0.6 is 0 Å². The third kappa shape index (κ3) is 3.52. The summed E-state index contributed by atoms with van der Waals surface area (Å²) in [6.45, 7) is 5.24. The molecule has 6 nitrogen and oxygen atoms in total. The van der Waals surface area contributed by atoms with Gasteiger partial charge in [0.2, 0.25) is 5.89 Å². The summed E-state index contributed by atoms with van der Waals surface area (Å²) in [4.78, 5) is 19.0. The van der Waals surface area contributed by atoms with E-state index in [-0.39, 0.29) is 5.91 Å². The molecule has 0 aliphatic carbocycles. The Morgan fingerprint density at radius 3 is 3.00 bits per heavy atom. The average Bonchev–Trinajstić information content (AvgIpc) is 2.94. The van der Waals surface area contributed by atoms with Crippen LogP contribution in [0, 0.1) is 19.8 Å². The quantitative estimate of drug-likeness (QED) is 0.879. The molecule has 1 aliphatic rings. The number of hydrogen-bond acceptors (Lipinski definition) is 5. The summed E-state index contributed by atoms with van der Waals surface area (Å²) in [5, 5.41) is 3.96. The fourth-order valence-corrected chi connectivity index (χ4v) is 3.14. The van der Waals surface area contributed by atoms with Gasteiger partial charge in [-0.3, -0.25) is 4.79 Å². The minimum Gasteiger partial charge on any atom is -0.399 e. The molecule has 0 bridgehead atoms. The highest BCUT2D eigenvalue weighted by Gasteiger charge is 2.26. The molecule has 2 heterocycles. The highest BCUT2D eigenvalue weighted by atomic mass is 16.5. The number of aryl methyl sites for hydroxylation is 2. The summed E-state index contributed by atoms with van der Waals surface area (Å²) < 4.78 is 5.02. The first-order valence-corrected chi connectivity index (χ1v) is 7.97. The van der Waals surface area contributed by atoms with Crippen LogP contribution in [0.25, 0.3) is 0 Å². The van der Waals surface area contributed by atoms with E-state index in [2.05, 4.69) is 10.1 Å². The Morgan fingerprint density at radius 1 is 1.43 bits per heavy atom. The molecule has 1 saturated heterocycles. The third-order valence-corrected chi connectivity index (χ3v) is 4.34. The van der Waals surface area contributed by atoms with E-state index in [1.54, 1.807) is 13.0 Å². The number of benzene rings is 1. The molecule has 1 aliphatic heterocycles. The smallest absolute Gasteiger partial charge is 0.254 e. The van der Waals surface area contributed by atoms with Crippen molar-refractivity contribution in [1.29, 1.82) is 0 Å². The molecule has 2 aromatic rings. The normalized spacial score (nSPS) is 18.2. The summed E-state index contributed by atoms with van der Waals surface area (Å²) in [7, 11) is 0. The van der Waals surface area contributed by atoms with Gasteiger partial charge in [-0.25, -0.2) is 0 Å². The Labute approximate surface area is 135 Å². The summed E-state index contributed by atoms with van der Waals surface area (Å²) in [6.07, 6.45) is 2.82. The van der Waals surface area contributed by atoms with Crippen molar-refractivity contribution in [3.8, 4) is 0 Å². The van der Waals surface area contributed by atoms with Crippen LogP contribution in [0.1, 0.15) is 40.5 Å². The lowest BCUT2D eigenvalue weighted by molar-refractivity contribution is 0.0671. The Hall–Kier alpha value is -2.37. The fraction of sp³-hybridized carbons (Fsp3) is 0.471. The van der Waals surface area contributed by atoms with Gasteiger partial charge >= 0.3 is 0 Å². The Kier molecular flexibility index (Phi) is 4.32. The van der Waals surface area contributed by atoms with Crippen LogP contribution in [0.3, 0.4) is 0 Å². The van der Waals surface area contributed by atoms with E-state index in [1.165, 1.54) is 0 Å². The summed E-state index contributed by atoms with van der Waals surface area (Å²) >= 11 is 0. The number of aromatic nitrogens is 2. The van der Waals surface area contributed by atoms with Gasteiger partial charge in [0.25, 0.3) is 5.91 Å². The van der Waals surface area contributed by atoms with Crippen molar-refractivity contribution in [1.82, 2.24) is 15.0 Å². The highest BCUT2D eigenvalue weighted by Crippen LogP contribution is 2.23. The predicted molar refractivity (Wildman–Crippen MR) is 87.0 cm³/mol. The Morgan fingerprint density at radius 2 is 2.26 bits per heavy atom. The van der Waals surface area contributed by atoms with Gasteiger partial charge < -0.3 is 15.2 Å². The lowest BCUT2D eigenvalue weighted by Gasteiger charge is -2.32. The first kappa shape index (κ1) is 15.5. The van der Waals surface area contributed by atoms with E-state index >= 15 is 0 Å². The number of nitrogen functional groups attached to an aromatic ring is 1. The van der Waals surface area contributed by atoms with Crippen molar-refractivity contribution in [2.45, 2.75) is 33.1 Å². The van der Waals surface area contributed by atoms with Crippen molar-refractivity contribution in [2.24, 2.45) is 5.92 Å². The SMILES string of the molecule is Cc1nc(CC2CCCN(C(=O)c3cc(N)ccc3C)C2)no1. The molecule has 1 fully saturated rings. The molecule has 6 heteroatoms. The number of piperidine rings is 1. The number of likely N-dealkylation sites (tertiary alicyclic amines) is 1. The number of nitrogens with zero attached hydrogens (tertiary/aromatic N) is 3. The molecule has 0 radical (unpaired) electrons. The monoisotopic (exact) mass is 314 g/mol. The van der Waals surface area contributed by atoms with E-state index in [0.29, 0.717) is 23.1 Å². The topological polar surface area (TPSA) is 85.2 Å². The standard InChI is InChI=1S/C17H22N4O2/c1-11-5-6-14(18)9-15(11)17(22)21-7-3-4-13(10-21)8-16-19-12(2)23-20-16/h5-6,9,13H,3-4,7-8,10,18H2,1-2H3. The van der Waals surface area contributed by atoms with Gasteiger partial charge in [0, 0.05) is 37.7 Å². The lowest BCUT2D eigenvalue weighted by atomic mass is 9.93. The maximum absolute atomic E-state index is 12.8. The van der Waals surface area contributed by atoms with Crippen LogP contribution in [-0.4, -0.2) is 34.0 Å². The van der Waals surface area contributed by atoms with Crippen molar-refractivity contribution in [3.63, 3.8) is 0 Å². The molecule has 1 aromatic heterocycles. The van der Waals surface area contributed by atoms with Crippen molar-refractivity contribution < 1.29 is 9.32 Å². The van der Waals surface area contributed by atoms with Crippen LogP contribution < -0.4 is 5.73 Å². The zero-order valence-electron chi connectivity index (χ0n) is 13.6. The van der Waals surface area contributed by atoms with E-state index in [9.17, 15) is 4.79 Å². The maximum Gasteiger partial charge on any atom is 0.254 e. The number of rotatable bonds is 3. The number of anilines is 1. The van der Waals surface area contributed by atoms with Gasteiger partial charge in [-0.05, 0) is 43.4 Å². The zero-order chi connectivity index (χ0) is 16.4. The summed E-state index contributed by atoms with van der Waals surface area (Å²) in [5.74, 6) is 1.73. The minimum absolute atomic E-state index is 0.0591. The van der Waals surface area contributed by atoms with Gasteiger partial charge in [0.15, 0.2) is 5.82 Å². The fourth-order valence-electron chi connectivity index (χ4n) is 3.14. The van der Waals surface area contributed by atoms with E-state index in [0.717, 1.165) is 43.7 Å². The van der Waals surface area contributed by atoms with Gasteiger partial charge in [0.1, 0.15) is 0 Å². The molecule has 1 amide bonds. The van der Waals surface area contributed by atoms with Gasteiger partial charge in [-0.2, -0.15) is 4.98 Å².